The van der Waals surface area contributed by atoms with Crippen LogP contribution in [0.5, 0.6) is 0 Å². The minimum absolute atomic E-state index is 0.0399. The van der Waals surface area contributed by atoms with Gasteiger partial charge in [0.1, 0.15) is 6.61 Å². The van der Waals surface area contributed by atoms with Crippen molar-refractivity contribution in [3.05, 3.63) is 92.8 Å². The number of fused-ring (bicyclic) bond motifs is 1. The van der Waals surface area contributed by atoms with Crippen LogP contribution >= 0.6 is 22.9 Å². The van der Waals surface area contributed by atoms with Crippen LogP contribution in [-0.4, -0.2) is 30.8 Å². The number of aromatic nitrogens is 2. The Morgan fingerprint density at radius 3 is 2.69 bits per heavy atom. The molecule has 2 aromatic heterocycles. The van der Waals surface area contributed by atoms with Crippen LogP contribution in [-0.2, 0) is 21.4 Å². The molecule has 2 aromatic carbocycles. The normalized spacial score (nSPS) is 11.4. The number of hydrogen-bond donors (Lipinski definition) is 0. The maximum atomic E-state index is 13.0. The Morgan fingerprint density at radius 2 is 1.94 bits per heavy atom. The van der Waals surface area contributed by atoms with E-state index in [2.05, 4.69) is 4.98 Å². The topological polar surface area (TPSA) is 98.0 Å². The SMILES string of the molecule is CN(c1ccccc1)S(=O)(=O)c1ccc(Cl)c(C(=O)OCc2cc(=O)n3ccsc3n2)c1. The van der Waals surface area contributed by atoms with E-state index in [9.17, 15) is 18.0 Å². The predicted molar refractivity (Wildman–Crippen MR) is 122 cm³/mol. The van der Waals surface area contributed by atoms with E-state index in [4.69, 9.17) is 16.3 Å². The van der Waals surface area contributed by atoms with E-state index in [1.165, 1.54) is 47.1 Å². The molecule has 0 atom stereocenters. The maximum Gasteiger partial charge on any atom is 0.340 e. The number of thiazole rings is 1. The highest BCUT2D eigenvalue weighted by Gasteiger charge is 2.24. The highest BCUT2D eigenvalue weighted by Crippen LogP contribution is 2.26. The number of esters is 1. The molecule has 0 N–H and O–H groups in total. The van der Waals surface area contributed by atoms with Crippen molar-refractivity contribution in [2.45, 2.75) is 11.5 Å². The fraction of sp³-hybridized carbons (Fsp3) is 0.0952. The molecule has 0 aliphatic heterocycles. The molecule has 32 heavy (non-hydrogen) atoms. The first kappa shape index (κ1) is 22.0. The van der Waals surface area contributed by atoms with Gasteiger partial charge in [-0.05, 0) is 30.3 Å². The minimum Gasteiger partial charge on any atom is -0.456 e. The molecule has 8 nitrogen and oxygen atoms in total. The van der Waals surface area contributed by atoms with Crippen molar-refractivity contribution in [2.24, 2.45) is 0 Å². The molecule has 0 aliphatic rings. The molecule has 164 valence electrons. The van der Waals surface area contributed by atoms with Crippen LogP contribution in [0.3, 0.4) is 0 Å². The van der Waals surface area contributed by atoms with Gasteiger partial charge in [-0.25, -0.2) is 18.2 Å². The average molecular weight is 490 g/mol. The van der Waals surface area contributed by atoms with Crippen molar-refractivity contribution in [3.63, 3.8) is 0 Å². The van der Waals surface area contributed by atoms with Gasteiger partial charge in [0.2, 0.25) is 0 Å². The lowest BCUT2D eigenvalue weighted by atomic mass is 10.2. The number of benzene rings is 2. The van der Waals surface area contributed by atoms with Crippen LogP contribution in [0.1, 0.15) is 16.1 Å². The molecule has 0 saturated heterocycles. The van der Waals surface area contributed by atoms with Crippen LogP contribution in [0.25, 0.3) is 4.96 Å². The molecule has 4 aromatic rings. The molecule has 4 rings (SSSR count). The number of rotatable bonds is 6. The molecule has 0 fully saturated rings. The van der Waals surface area contributed by atoms with Crippen LogP contribution in [0.15, 0.2) is 75.9 Å². The summed E-state index contributed by atoms with van der Waals surface area (Å²) in [7, 11) is -2.52. The Bertz CT molecular complexity index is 1470. The summed E-state index contributed by atoms with van der Waals surface area (Å²) in [6.45, 7) is -0.264. The molecule has 0 aliphatic carbocycles. The van der Waals surface area contributed by atoms with E-state index in [0.717, 1.165) is 4.31 Å². The van der Waals surface area contributed by atoms with Gasteiger partial charge in [0.05, 0.1) is 26.9 Å². The monoisotopic (exact) mass is 489 g/mol. The molecule has 0 unspecified atom stereocenters. The van der Waals surface area contributed by atoms with Gasteiger partial charge in [-0.3, -0.25) is 13.5 Å². The Kier molecular flexibility index (Phi) is 6.00. The lowest BCUT2D eigenvalue weighted by Gasteiger charge is -2.20. The minimum atomic E-state index is -3.94. The van der Waals surface area contributed by atoms with Gasteiger partial charge in [-0.15, -0.1) is 11.3 Å². The van der Waals surface area contributed by atoms with Crippen molar-refractivity contribution in [1.29, 1.82) is 0 Å². The van der Waals surface area contributed by atoms with Crippen molar-refractivity contribution in [2.75, 3.05) is 11.4 Å². The van der Waals surface area contributed by atoms with E-state index in [0.29, 0.717) is 10.6 Å². The second-order valence-electron chi connectivity index (χ2n) is 6.67. The zero-order chi connectivity index (χ0) is 22.9. The predicted octanol–water partition coefficient (Wildman–Crippen LogP) is 3.59. The van der Waals surface area contributed by atoms with Gasteiger partial charge in [0, 0.05) is 24.7 Å². The molecule has 0 saturated carbocycles. The molecule has 0 amide bonds. The van der Waals surface area contributed by atoms with Gasteiger partial charge in [0.25, 0.3) is 15.6 Å². The van der Waals surface area contributed by atoms with E-state index < -0.39 is 16.0 Å². The molecule has 0 radical (unpaired) electrons. The fourth-order valence-electron chi connectivity index (χ4n) is 2.94. The summed E-state index contributed by atoms with van der Waals surface area (Å²) >= 11 is 7.40. The highest BCUT2D eigenvalue weighted by molar-refractivity contribution is 7.92. The zero-order valence-electron chi connectivity index (χ0n) is 16.6. The second-order valence-corrected chi connectivity index (χ2v) is 9.92. The van der Waals surface area contributed by atoms with Gasteiger partial charge in [-0.1, -0.05) is 29.8 Å². The summed E-state index contributed by atoms with van der Waals surface area (Å²) in [5.74, 6) is -0.831. The number of carbonyl (C=O) groups is 1. The first-order valence-corrected chi connectivity index (χ1v) is 11.9. The Hall–Kier alpha value is -3.21. The lowest BCUT2D eigenvalue weighted by molar-refractivity contribution is 0.0467. The number of ether oxygens (including phenoxy) is 1. The quantitative estimate of drug-likeness (QED) is 0.384. The average Bonchev–Trinajstić information content (AvgIpc) is 3.27. The van der Waals surface area contributed by atoms with Gasteiger partial charge >= 0.3 is 5.97 Å². The summed E-state index contributed by atoms with van der Waals surface area (Å²) < 4.78 is 33.8. The lowest BCUT2D eigenvalue weighted by Crippen LogP contribution is -2.26. The number of sulfonamides is 1. The number of halogens is 1. The van der Waals surface area contributed by atoms with Crippen molar-refractivity contribution in [3.8, 4) is 0 Å². The summed E-state index contributed by atoms with van der Waals surface area (Å²) in [6, 6.07) is 13.6. The third-order valence-electron chi connectivity index (χ3n) is 4.64. The first-order valence-electron chi connectivity index (χ1n) is 9.24. The summed E-state index contributed by atoms with van der Waals surface area (Å²) in [4.78, 5) is 29.3. The van der Waals surface area contributed by atoms with E-state index in [-0.39, 0.29) is 33.3 Å². The Balaban J connectivity index is 1.57. The number of carbonyl (C=O) groups excluding carboxylic acids is 1. The standard InChI is InChI=1S/C21H16ClN3O5S2/c1-24(15-5-3-2-4-6-15)32(28,29)16-7-8-18(22)17(12-16)20(27)30-13-14-11-19(26)25-9-10-31-21(25)23-14/h2-12H,13H2,1H3. The molecular formula is C21H16ClN3O5S2. The number of hydrogen-bond acceptors (Lipinski definition) is 7. The van der Waals surface area contributed by atoms with Gasteiger partial charge < -0.3 is 4.74 Å². The molecule has 0 bridgehead atoms. The smallest absolute Gasteiger partial charge is 0.340 e. The Labute approximate surface area is 192 Å². The number of nitrogens with zero attached hydrogens (tertiary/aromatic N) is 3. The van der Waals surface area contributed by atoms with Gasteiger partial charge in [-0.2, -0.15) is 0 Å². The van der Waals surface area contributed by atoms with Crippen LogP contribution in [0.4, 0.5) is 5.69 Å². The van der Waals surface area contributed by atoms with E-state index in [1.807, 2.05) is 0 Å². The first-order chi connectivity index (χ1) is 15.3. The van der Waals surface area contributed by atoms with Crippen molar-refractivity contribution >= 4 is 49.6 Å². The fourth-order valence-corrected chi connectivity index (χ4v) is 5.09. The largest absolute Gasteiger partial charge is 0.456 e. The highest BCUT2D eigenvalue weighted by atomic mass is 35.5. The van der Waals surface area contributed by atoms with E-state index >= 15 is 0 Å². The molecular weight excluding hydrogens is 474 g/mol. The molecule has 2 heterocycles. The number of para-hydroxylation sites is 1. The summed E-state index contributed by atoms with van der Waals surface area (Å²) in [5.41, 5.74) is 0.336. The van der Waals surface area contributed by atoms with Gasteiger partial charge in [0.15, 0.2) is 4.96 Å². The Morgan fingerprint density at radius 1 is 1.19 bits per heavy atom. The van der Waals surface area contributed by atoms with Crippen LogP contribution < -0.4 is 9.86 Å². The van der Waals surface area contributed by atoms with Crippen molar-refractivity contribution in [1.82, 2.24) is 9.38 Å². The third kappa shape index (κ3) is 4.24. The maximum absolute atomic E-state index is 13.0. The van der Waals surface area contributed by atoms with E-state index in [1.54, 1.807) is 41.9 Å². The molecule has 0 spiro atoms. The molecule has 11 heteroatoms. The third-order valence-corrected chi connectivity index (χ3v) is 7.51. The summed E-state index contributed by atoms with van der Waals surface area (Å²) in [5, 5.41) is 1.76. The number of anilines is 1. The summed E-state index contributed by atoms with van der Waals surface area (Å²) in [6.07, 6.45) is 1.60. The van der Waals surface area contributed by atoms with Crippen LogP contribution in [0, 0.1) is 0 Å². The van der Waals surface area contributed by atoms with Crippen LogP contribution in [0.2, 0.25) is 5.02 Å². The zero-order valence-corrected chi connectivity index (χ0v) is 19.0. The van der Waals surface area contributed by atoms with Crippen molar-refractivity contribution < 1.29 is 17.9 Å². The second kappa shape index (κ2) is 8.73.